The maximum absolute atomic E-state index is 9.11. The molecule has 14 heteroatoms. The molecule has 0 aromatic carbocycles. The van der Waals surface area contributed by atoms with Gasteiger partial charge in [0.25, 0.3) is 9.05 Å². The van der Waals surface area contributed by atoms with Crippen molar-refractivity contribution >= 4 is 40.5 Å². The monoisotopic (exact) mass is 306 g/mol. The minimum atomic E-state index is -4.33. The van der Waals surface area contributed by atoms with Gasteiger partial charge in [0.05, 0.1) is 0 Å². The maximum Gasteiger partial charge on any atom is 1.00 e. The average Bonchev–Trinajstić information content (AvgIpc) is 1.12. The van der Waals surface area contributed by atoms with Crippen LogP contribution in [0.3, 0.4) is 0 Å². The van der Waals surface area contributed by atoms with E-state index >= 15 is 0 Å². The van der Waals surface area contributed by atoms with E-state index in [-0.39, 0.29) is 71.4 Å². The average molecular weight is 306 g/mol. The summed E-state index contributed by atoms with van der Waals surface area (Å²) in [4.78, 5) is 0. The Morgan fingerprint density at radius 3 is 0.929 bits per heavy atom. The van der Waals surface area contributed by atoms with Gasteiger partial charge in [-0.25, -0.2) is 0 Å². The third-order valence-corrected chi connectivity index (χ3v) is 0. The van der Waals surface area contributed by atoms with Gasteiger partial charge in [-0.1, -0.05) is 0 Å². The third kappa shape index (κ3) is 423. The first-order valence-corrected chi connectivity index (χ1v) is 6.10. The first kappa shape index (κ1) is 36.0. The zero-order chi connectivity index (χ0) is 9.00. The Labute approximate surface area is 136 Å². The smallest absolute Gasteiger partial charge is 0.780 e. The normalized spacial score (nSPS) is 8.29. The molecule has 0 amide bonds. The van der Waals surface area contributed by atoms with Crippen LogP contribution in [0.25, 0.3) is 0 Å². The van der Waals surface area contributed by atoms with Crippen molar-refractivity contribution in [3.63, 3.8) is 0 Å². The van der Waals surface area contributed by atoms with Crippen LogP contribution in [0.5, 0.6) is 0 Å². The van der Waals surface area contributed by atoms with Crippen LogP contribution in [-0.2, 0) is 40.5 Å². The van der Waals surface area contributed by atoms with Crippen molar-refractivity contribution in [1.29, 1.82) is 0 Å². The van der Waals surface area contributed by atoms with Crippen molar-refractivity contribution in [1.82, 2.24) is 12.3 Å². The third-order valence-electron chi connectivity index (χ3n) is 0. The molecule has 8 nitrogen and oxygen atoms in total. The molecule has 0 fully saturated rings. The van der Waals surface area contributed by atoms with E-state index in [0.717, 1.165) is 0 Å². The summed E-state index contributed by atoms with van der Waals surface area (Å²) in [6.07, 6.45) is 0. The summed E-state index contributed by atoms with van der Waals surface area (Å²) in [6, 6.07) is 0. The summed E-state index contributed by atoms with van der Waals surface area (Å²) in [5.74, 6) is 0. The molecule has 0 radical (unpaired) electrons. The molecule has 80 valence electrons. The molecule has 0 aliphatic rings. The molecule has 8 N–H and O–H groups in total. The van der Waals surface area contributed by atoms with Crippen LogP contribution < -0.4 is 71.4 Å². The summed E-state index contributed by atoms with van der Waals surface area (Å²) in [6.45, 7) is 0. The summed E-state index contributed by atoms with van der Waals surface area (Å²) < 4.78 is 50.6. The van der Waals surface area contributed by atoms with Crippen molar-refractivity contribution in [2.45, 2.75) is 0 Å². The van der Waals surface area contributed by atoms with E-state index in [9.17, 15) is 0 Å². The van der Waals surface area contributed by atoms with Gasteiger partial charge in [0.15, 0.2) is 0 Å². The van der Waals surface area contributed by atoms with Crippen molar-refractivity contribution in [3.8, 4) is 0 Å². The fourth-order valence-electron chi connectivity index (χ4n) is 0. The van der Waals surface area contributed by atoms with E-state index < -0.39 is 18.1 Å². The van der Waals surface area contributed by atoms with Gasteiger partial charge in [0, 0.05) is 11.2 Å². The fourth-order valence-corrected chi connectivity index (χ4v) is 0. The summed E-state index contributed by atoms with van der Waals surface area (Å²) in [5.41, 5.74) is 0. The van der Waals surface area contributed by atoms with Gasteiger partial charge < -0.3 is 21.4 Å². The molecule has 0 heterocycles. The summed E-state index contributed by atoms with van der Waals surface area (Å²) in [5, 5.41) is 0. The molecule has 0 spiro atoms. The van der Waals surface area contributed by atoms with Crippen LogP contribution in [0.4, 0.5) is 0 Å². The number of rotatable bonds is 0. The molecule has 0 rings (SSSR count). The van der Waals surface area contributed by atoms with Gasteiger partial charge in [-0.3, -0.25) is 13.3 Å². The predicted octanol–water partition coefficient (Wildman–Crippen LogP) is -7.00. The Morgan fingerprint density at radius 1 is 0.929 bits per heavy atom. The van der Waals surface area contributed by atoms with E-state index in [1.807, 2.05) is 0 Å². The van der Waals surface area contributed by atoms with Crippen LogP contribution >= 0.6 is 0 Å². The van der Waals surface area contributed by atoms with E-state index in [1.54, 1.807) is 0 Å². The zero-order valence-electron chi connectivity index (χ0n) is 7.57. The SMILES string of the molecule is N.N.O=S(O)(O)=S.O=S([O-])([O-])=S.[Na+].[Na+]. The molecule has 0 bridgehead atoms. The first-order valence-electron chi connectivity index (χ1n) is 1.37. The van der Waals surface area contributed by atoms with Crippen molar-refractivity contribution < 1.29 is 85.7 Å². The molecule has 0 atom stereocenters. The van der Waals surface area contributed by atoms with Gasteiger partial charge in [-0.05, 0) is 11.2 Å². The minimum absolute atomic E-state index is 0. The Hall–Kier alpha value is 2.50. The Bertz CT molecular complexity index is 222. The van der Waals surface area contributed by atoms with E-state index in [2.05, 4.69) is 22.4 Å². The standard InChI is InChI=1S/2H3N.2Na.2H2O3S2/c;;;;2*1-5(2,3)4/h2*1H3;;;2*(H2,1,2,3,4)/q;;2*+1;;/p-2. The zero-order valence-corrected chi connectivity index (χ0v) is 14.8. The maximum atomic E-state index is 9.11. The van der Waals surface area contributed by atoms with Crippen LogP contribution in [0.1, 0.15) is 0 Å². The minimum Gasteiger partial charge on any atom is -0.780 e. The molecule has 0 aliphatic heterocycles. The van der Waals surface area contributed by atoms with Crippen molar-refractivity contribution in [3.05, 3.63) is 0 Å². The molecule has 0 saturated carbocycles. The molecule has 0 saturated heterocycles. The Kier molecular flexibility index (Phi) is 39.8. The molecule has 0 unspecified atom stereocenters. The van der Waals surface area contributed by atoms with Crippen LogP contribution in [0.15, 0.2) is 0 Å². The second-order valence-corrected chi connectivity index (χ2v) is 5.10. The summed E-state index contributed by atoms with van der Waals surface area (Å²) in [7, 11) is -8.17. The Morgan fingerprint density at radius 2 is 0.929 bits per heavy atom. The molecular weight excluding hydrogens is 298 g/mol. The molecule has 0 aromatic rings. The van der Waals surface area contributed by atoms with Gasteiger partial charge in [-0.2, -0.15) is 4.21 Å². The second-order valence-electron chi connectivity index (χ2n) is 0.856. The first-order chi connectivity index (χ1) is 4.00. The summed E-state index contributed by atoms with van der Waals surface area (Å²) >= 11 is 6.71. The number of hydrogen-bond acceptors (Lipinski definition) is 8. The van der Waals surface area contributed by atoms with Crippen LogP contribution in [-0.4, -0.2) is 26.6 Å². The largest absolute Gasteiger partial charge is 1.00 e. The van der Waals surface area contributed by atoms with Gasteiger partial charge in [-0.15, -0.1) is 9.05 Å². The van der Waals surface area contributed by atoms with Gasteiger partial charge >= 0.3 is 59.1 Å². The second kappa shape index (κ2) is 15.5. The molecular formula is H8N2Na2O6S4. The fraction of sp³-hybridized carbons (Fsp3) is 0. The Balaban J connectivity index is -0.0000000178. The van der Waals surface area contributed by atoms with Crippen molar-refractivity contribution in [2.75, 3.05) is 0 Å². The quantitative estimate of drug-likeness (QED) is 0.312. The van der Waals surface area contributed by atoms with Crippen molar-refractivity contribution in [2.24, 2.45) is 0 Å². The number of hydrogen-bond donors (Lipinski definition) is 4. The van der Waals surface area contributed by atoms with E-state index in [0.29, 0.717) is 0 Å². The van der Waals surface area contributed by atoms with Crippen LogP contribution in [0.2, 0.25) is 0 Å². The topological polar surface area (TPSA) is 191 Å². The van der Waals surface area contributed by atoms with E-state index in [4.69, 9.17) is 26.6 Å². The van der Waals surface area contributed by atoms with Gasteiger partial charge in [0.2, 0.25) is 0 Å². The predicted molar refractivity (Wildman–Crippen MR) is 47.9 cm³/mol. The molecule has 0 aromatic heterocycles. The molecule has 14 heavy (non-hydrogen) atoms. The van der Waals surface area contributed by atoms with Gasteiger partial charge in [0.1, 0.15) is 0 Å². The molecule has 0 aliphatic carbocycles. The van der Waals surface area contributed by atoms with E-state index in [1.165, 1.54) is 0 Å². The van der Waals surface area contributed by atoms with Crippen LogP contribution in [0, 0.1) is 0 Å².